The van der Waals surface area contributed by atoms with Crippen LogP contribution in [-0.2, 0) is 0 Å². The smallest absolute Gasteiger partial charge is 0.323 e. The molecule has 0 spiro atoms. The lowest BCUT2D eigenvalue weighted by atomic mass is 10.1. The maximum absolute atomic E-state index is 12.3. The van der Waals surface area contributed by atoms with Crippen molar-refractivity contribution < 1.29 is 10.0 Å². The van der Waals surface area contributed by atoms with Crippen LogP contribution in [0.2, 0.25) is 0 Å². The van der Waals surface area contributed by atoms with E-state index < -0.39 is 6.03 Å². The minimum Gasteiger partial charge on any atom is -0.367 e. The number of carbonyl (C=O) groups excluding carboxylic acids is 1. The van der Waals surface area contributed by atoms with Crippen molar-refractivity contribution in [2.45, 2.75) is 13.8 Å². The van der Waals surface area contributed by atoms with E-state index in [0.29, 0.717) is 22.8 Å². The monoisotopic (exact) mass is 439 g/mol. The molecule has 2 aromatic carbocycles. The van der Waals surface area contributed by atoms with Gasteiger partial charge < -0.3 is 27.9 Å². The molecule has 0 unspecified atom stereocenters. The van der Waals surface area contributed by atoms with Crippen LogP contribution in [-0.4, -0.2) is 34.6 Å². The summed E-state index contributed by atoms with van der Waals surface area (Å²) in [4.78, 5) is 12.3. The first kappa shape index (κ1) is 23.6. The van der Waals surface area contributed by atoms with Crippen LogP contribution in [0.3, 0.4) is 0 Å². The van der Waals surface area contributed by atoms with Crippen molar-refractivity contribution in [2.24, 2.45) is 37.7 Å². The molecule has 0 aromatic heterocycles. The lowest BCUT2D eigenvalue weighted by Crippen LogP contribution is -2.29. The Labute approximate surface area is 184 Å². The molecular weight excluding hydrogens is 414 g/mol. The van der Waals surface area contributed by atoms with E-state index in [1.807, 2.05) is 0 Å². The summed E-state index contributed by atoms with van der Waals surface area (Å²) < 4.78 is 0. The van der Waals surface area contributed by atoms with Gasteiger partial charge in [-0.3, -0.25) is 5.21 Å². The van der Waals surface area contributed by atoms with Crippen molar-refractivity contribution in [3.63, 3.8) is 0 Å². The molecule has 0 heterocycles. The first-order chi connectivity index (χ1) is 15.3. The summed E-state index contributed by atoms with van der Waals surface area (Å²) in [5, 5.41) is 28.9. The molecule has 0 atom stereocenters. The van der Waals surface area contributed by atoms with Gasteiger partial charge >= 0.3 is 6.03 Å². The summed E-state index contributed by atoms with van der Waals surface area (Å²) in [6.07, 6.45) is 0. The molecule has 2 amide bonds. The van der Waals surface area contributed by atoms with E-state index in [0.717, 1.165) is 11.1 Å². The van der Waals surface area contributed by atoms with Gasteiger partial charge in [-0.25, -0.2) is 15.7 Å². The predicted molar refractivity (Wildman–Crippen MR) is 125 cm³/mol. The van der Waals surface area contributed by atoms with Gasteiger partial charge in [0.1, 0.15) is 0 Å². The Morgan fingerprint density at radius 2 is 1.31 bits per heavy atom. The van der Waals surface area contributed by atoms with Crippen molar-refractivity contribution in [2.75, 3.05) is 10.6 Å². The molecule has 11 N–H and O–H groups in total. The number of nitrogens with one attached hydrogen (secondary N) is 4. The SMILES string of the molecule is C/C(=N\N=C(N)NO)c1ccc(NC(=O)Nc2ccc(/C(C)=N/NC(N)=NN)cc2)cc1. The maximum Gasteiger partial charge on any atom is 0.323 e. The number of urea groups is 1. The minimum absolute atomic E-state index is 0.00742. The summed E-state index contributed by atoms with van der Waals surface area (Å²) in [7, 11) is 0. The van der Waals surface area contributed by atoms with Crippen LogP contribution in [0.15, 0.2) is 68.9 Å². The number of anilines is 2. The second-order valence-corrected chi connectivity index (χ2v) is 6.34. The van der Waals surface area contributed by atoms with Crippen molar-refractivity contribution >= 4 is 40.7 Å². The molecule has 0 aliphatic carbocycles. The molecule has 0 bridgehead atoms. The minimum atomic E-state index is -0.402. The molecule has 168 valence electrons. The Kier molecular flexibility index (Phi) is 8.50. The van der Waals surface area contributed by atoms with Crippen LogP contribution < -0.4 is 38.8 Å². The quantitative estimate of drug-likeness (QED) is 0.140. The highest BCUT2D eigenvalue weighted by Gasteiger charge is 2.05. The Hall–Kier alpha value is -4.65. The van der Waals surface area contributed by atoms with Crippen molar-refractivity contribution in [1.82, 2.24) is 10.9 Å². The number of amides is 2. The van der Waals surface area contributed by atoms with Gasteiger partial charge in [-0.05, 0) is 49.2 Å². The third kappa shape index (κ3) is 7.31. The lowest BCUT2D eigenvalue weighted by Gasteiger charge is -2.09. The third-order valence-electron chi connectivity index (χ3n) is 4.02. The molecule has 0 radical (unpaired) electrons. The standard InChI is InChI=1S/C19H25N11O2/c1-11(26-28-17(20)25-22)13-3-7-15(8-4-13)23-19(31)24-16-9-5-14(6-10-16)12(2)27-29-18(21)30-32/h3-10,32H,22H2,1-2H3,(H3,20,25,28)(H3,21,29,30)(H2,23,24,31)/b26-11+,27-12+. The Balaban J connectivity index is 1.95. The fourth-order valence-corrected chi connectivity index (χ4v) is 2.33. The van der Waals surface area contributed by atoms with E-state index in [1.54, 1.807) is 67.9 Å². The van der Waals surface area contributed by atoms with E-state index >= 15 is 0 Å². The average Bonchev–Trinajstić information content (AvgIpc) is 2.81. The summed E-state index contributed by atoms with van der Waals surface area (Å²) in [6.45, 7) is 3.52. The van der Waals surface area contributed by atoms with Crippen LogP contribution in [0.25, 0.3) is 0 Å². The highest BCUT2D eigenvalue weighted by molar-refractivity contribution is 6.03. The molecule has 0 saturated heterocycles. The van der Waals surface area contributed by atoms with Crippen LogP contribution in [0, 0.1) is 0 Å². The molecular formula is C19H25N11O2. The average molecular weight is 439 g/mol. The van der Waals surface area contributed by atoms with Crippen LogP contribution >= 0.6 is 0 Å². The summed E-state index contributed by atoms with van der Waals surface area (Å²) >= 11 is 0. The normalized spacial score (nSPS) is 12.8. The molecule has 0 fully saturated rings. The molecule has 2 rings (SSSR count). The first-order valence-electron chi connectivity index (χ1n) is 9.22. The van der Waals surface area contributed by atoms with Gasteiger partial charge in [0.2, 0.25) is 11.9 Å². The molecule has 0 aliphatic heterocycles. The first-order valence-corrected chi connectivity index (χ1v) is 9.22. The van der Waals surface area contributed by atoms with Gasteiger partial charge in [0, 0.05) is 11.4 Å². The zero-order valence-corrected chi connectivity index (χ0v) is 17.5. The third-order valence-corrected chi connectivity index (χ3v) is 4.02. The number of hydroxylamine groups is 1. The van der Waals surface area contributed by atoms with Gasteiger partial charge in [0.25, 0.3) is 0 Å². The van der Waals surface area contributed by atoms with Crippen LogP contribution in [0.1, 0.15) is 25.0 Å². The van der Waals surface area contributed by atoms with E-state index in [-0.39, 0.29) is 11.9 Å². The number of carbonyl (C=O) groups is 1. The van der Waals surface area contributed by atoms with E-state index in [4.69, 9.17) is 22.5 Å². The maximum atomic E-state index is 12.3. The Bertz CT molecular complexity index is 1040. The van der Waals surface area contributed by atoms with E-state index in [2.05, 4.69) is 36.5 Å². The number of hydrogen-bond donors (Lipinski definition) is 8. The van der Waals surface area contributed by atoms with Gasteiger partial charge in [0.05, 0.1) is 11.4 Å². The fraction of sp³-hybridized carbons (Fsp3) is 0.105. The summed E-state index contributed by atoms with van der Waals surface area (Å²) in [5.74, 6) is 4.79. The fourth-order valence-electron chi connectivity index (χ4n) is 2.33. The molecule has 0 aliphatic rings. The number of benzene rings is 2. The van der Waals surface area contributed by atoms with Crippen molar-refractivity contribution in [1.29, 1.82) is 0 Å². The summed E-state index contributed by atoms with van der Waals surface area (Å²) in [5.41, 5.74) is 18.9. The summed E-state index contributed by atoms with van der Waals surface area (Å²) in [6, 6.07) is 13.6. The molecule has 2 aromatic rings. The van der Waals surface area contributed by atoms with E-state index in [9.17, 15) is 4.79 Å². The van der Waals surface area contributed by atoms with Gasteiger partial charge in [-0.1, -0.05) is 24.3 Å². The highest BCUT2D eigenvalue weighted by Crippen LogP contribution is 2.13. The lowest BCUT2D eigenvalue weighted by molar-refractivity contribution is 0.232. The van der Waals surface area contributed by atoms with E-state index in [1.165, 1.54) is 0 Å². The highest BCUT2D eigenvalue weighted by atomic mass is 16.5. The number of nitrogens with zero attached hydrogens (tertiary/aromatic N) is 4. The van der Waals surface area contributed by atoms with Gasteiger partial charge in [-0.15, -0.1) is 10.2 Å². The number of nitrogens with two attached hydrogens (primary N) is 3. The van der Waals surface area contributed by atoms with Gasteiger partial charge in [0.15, 0.2) is 0 Å². The second kappa shape index (κ2) is 11.5. The molecule has 32 heavy (non-hydrogen) atoms. The molecule has 13 nitrogen and oxygen atoms in total. The number of hydrogen-bond acceptors (Lipinski definition) is 7. The van der Waals surface area contributed by atoms with Crippen LogP contribution in [0.4, 0.5) is 16.2 Å². The van der Waals surface area contributed by atoms with Crippen molar-refractivity contribution in [3.8, 4) is 0 Å². The van der Waals surface area contributed by atoms with Crippen LogP contribution in [0.5, 0.6) is 0 Å². The Morgan fingerprint density at radius 1 is 0.812 bits per heavy atom. The zero-order chi connectivity index (χ0) is 23.5. The number of guanidine groups is 2. The Morgan fingerprint density at radius 3 is 1.78 bits per heavy atom. The number of hydrazone groups is 2. The second-order valence-electron chi connectivity index (χ2n) is 6.34. The van der Waals surface area contributed by atoms with Crippen molar-refractivity contribution in [3.05, 3.63) is 59.7 Å². The molecule has 0 saturated carbocycles. The predicted octanol–water partition coefficient (Wildman–Crippen LogP) is 0.850. The molecule has 13 heteroatoms. The number of rotatable bonds is 6. The zero-order valence-electron chi connectivity index (χ0n) is 17.5. The largest absolute Gasteiger partial charge is 0.367 e. The van der Waals surface area contributed by atoms with Gasteiger partial charge in [-0.2, -0.15) is 10.2 Å². The topological polar surface area (TPSA) is 213 Å².